The van der Waals surface area contributed by atoms with E-state index in [1.54, 1.807) is 146 Å². The number of fused-ring (bicyclic) bond motifs is 2. The summed E-state index contributed by atoms with van der Waals surface area (Å²) in [7, 11) is 0. The molecule has 10 rings (SSSR count). The topological polar surface area (TPSA) is 486 Å². The molecule has 0 radical (unpaired) electrons. The van der Waals surface area contributed by atoms with E-state index in [0.29, 0.717) is 47.3 Å². The SMILES string of the molecule is N/C(=N\[N+](=O)[O-])NCCC[C@@H]1NC(=O)[C@@H](Cc2ccccc2)NC(=O)[C@@H](NC(=O)c2ccccc2)COC/C=C/COC[C@@H](C(=O)Nc2cccc3ccccc23)NC1=O.NC(N)=NCCC[C@@H]1NC(=O)[C@@H](Cc2ccccc2)NC(=O)[C@@H](NC(=O)c2ccccc2)COCCCCOC[C@@H](C(=O)Nc2cccc3ccccc23)NC1=O. The van der Waals surface area contributed by atoms with Gasteiger partial charge in [0.2, 0.25) is 47.3 Å². The summed E-state index contributed by atoms with van der Waals surface area (Å²) in [4.78, 5) is 153. The Morgan fingerprint density at radius 1 is 0.444 bits per heavy atom. The molecule has 8 aromatic carbocycles. The Labute approximate surface area is 675 Å². The lowest BCUT2D eigenvalue weighted by molar-refractivity contribution is -0.485. The first-order valence-corrected chi connectivity index (χ1v) is 38.2. The van der Waals surface area contributed by atoms with Crippen molar-refractivity contribution in [2.45, 2.75) is 99.7 Å². The monoisotopic (exact) mass is 1600 g/mol. The van der Waals surface area contributed by atoms with E-state index in [1.807, 2.05) is 72.8 Å². The molecule has 17 N–H and O–H groups in total. The molecule has 1 saturated heterocycles. The highest BCUT2D eigenvalue weighted by atomic mass is 16.7. The second kappa shape index (κ2) is 46.6. The third-order valence-corrected chi connectivity index (χ3v) is 18.4. The van der Waals surface area contributed by atoms with Crippen molar-refractivity contribution < 1.29 is 71.9 Å². The van der Waals surface area contributed by atoms with E-state index in [-0.39, 0.29) is 104 Å². The van der Waals surface area contributed by atoms with Crippen molar-refractivity contribution in [2.24, 2.45) is 27.3 Å². The van der Waals surface area contributed by atoms with Gasteiger partial charge in [-0.15, -0.1) is 0 Å². The van der Waals surface area contributed by atoms with Crippen LogP contribution in [0.2, 0.25) is 0 Å². The highest BCUT2D eigenvalue weighted by Gasteiger charge is 2.35. The predicted octanol–water partition coefficient (Wildman–Crippen LogP) is 3.91. The Morgan fingerprint density at radius 2 is 0.829 bits per heavy atom. The van der Waals surface area contributed by atoms with E-state index >= 15 is 0 Å². The zero-order valence-electron chi connectivity index (χ0n) is 64.2. The summed E-state index contributed by atoms with van der Waals surface area (Å²) in [6, 6.07) is 50.9. The molecule has 2 aliphatic heterocycles. The van der Waals surface area contributed by atoms with Crippen LogP contribution in [0.15, 0.2) is 229 Å². The minimum Gasteiger partial charge on any atom is -0.379 e. The summed E-state index contributed by atoms with van der Waals surface area (Å²) >= 11 is 0. The minimum atomic E-state index is -1.30. The van der Waals surface area contributed by atoms with Gasteiger partial charge in [0, 0.05) is 72.4 Å². The Morgan fingerprint density at radius 3 is 1.29 bits per heavy atom. The molecule has 0 bridgehead atoms. The summed E-state index contributed by atoms with van der Waals surface area (Å²) < 4.78 is 23.3. The molecule has 0 spiro atoms. The molecule has 614 valence electrons. The Balaban J connectivity index is 0.000000267. The predicted molar refractivity (Wildman–Crippen MR) is 440 cm³/mol. The molecule has 2 aliphatic rings. The molecular weight excluding hydrogens is 1500 g/mol. The third-order valence-electron chi connectivity index (χ3n) is 18.4. The highest BCUT2D eigenvalue weighted by molar-refractivity contribution is 6.07. The number of ether oxygens (including phenoxy) is 4. The van der Waals surface area contributed by atoms with Crippen LogP contribution < -0.4 is 75.7 Å². The van der Waals surface area contributed by atoms with Gasteiger partial charge in [0.15, 0.2) is 11.0 Å². The van der Waals surface area contributed by atoms with E-state index in [4.69, 9.17) is 36.1 Å². The first kappa shape index (κ1) is 87.5. The lowest BCUT2D eigenvalue weighted by Crippen LogP contribution is -2.59. The first-order chi connectivity index (χ1) is 56.7. The van der Waals surface area contributed by atoms with Crippen LogP contribution in [0.4, 0.5) is 11.4 Å². The summed E-state index contributed by atoms with van der Waals surface area (Å²) in [6.45, 7) is -0.112. The van der Waals surface area contributed by atoms with Crippen LogP contribution in [-0.4, -0.2) is 190 Å². The largest absolute Gasteiger partial charge is 0.379 e. The number of nitrogens with one attached hydrogen (secondary N) is 11. The van der Waals surface area contributed by atoms with Crippen molar-refractivity contribution in [3.05, 3.63) is 251 Å². The van der Waals surface area contributed by atoms with Crippen molar-refractivity contribution >= 4 is 104 Å². The maximum absolute atomic E-state index is 14.2. The van der Waals surface area contributed by atoms with Crippen molar-refractivity contribution in [2.75, 3.05) is 76.6 Å². The number of nitro groups is 1. The smallest absolute Gasteiger partial charge is 0.266 e. The lowest BCUT2D eigenvalue weighted by Gasteiger charge is -2.27. The Kier molecular flexibility index (Phi) is 34.9. The Bertz CT molecular complexity index is 4740. The number of anilines is 2. The van der Waals surface area contributed by atoms with Crippen molar-refractivity contribution in [1.82, 2.24) is 47.9 Å². The van der Waals surface area contributed by atoms with E-state index in [2.05, 4.69) is 68.6 Å². The number of amides is 10. The number of guanidine groups is 2. The van der Waals surface area contributed by atoms with Crippen LogP contribution in [0.3, 0.4) is 0 Å². The maximum atomic E-state index is 14.2. The van der Waals surface area contributed by atoms with E-state index in [1.165, 1.54) is 0 Å². The van der Waals surface area contributed by atoms with Gasteiger partial charge in [-0.1, -0.05) is 182 Å². The fourth-order valence-electron chi connectivity index (χ4n) is 12.4. The molecule has 8 aromatic rings. The zero-order valence-corrected chi connectivity index (χ0v) is 64.2. The van der Waals surface area contributed by atoms with Gasteiger partial charge in [-0.25, -0.2) is 10.1 Å². The molecule has 0 unspecified atom stereocenters. The molecule has 10 amide bonds. The van der Waals surface area contributed by atoms with Crippen LogP contribution in [0.25, 0.3) is 21.5 Å². The number of carbonyl (C=O) groups excluding carboxylic acids is 10. The fourth-order valence-corrected chi connectivity index (χ4v) is 12.4. The number of hydrogen-bond donors (Lipinski definition) is 14. The molecule has 0 aliphatic carbocycles. The third kappa shape index (κ3) is 29.1. The second-order valence-electron chi connectivity index (χ2n) is 27.2. The number of hydrogen-bond acceptors (Lipinski definition) is 17. The van der Waals surface area contributed by atoms with Crippen LogP contribution >= 0.6 is 0 Å². The number of nitrogens with two attached hydrogens (primary N) is 3. The lowest BCUT2D eigenvalue weighted by atomic mass is 10.0. The van der Waals surface area contributed by atoms with Crippen LogP contribution in [0.5, 0.6) is 0 Å². The van der Waals surface area contributed by atoms with E-state index in [9.17, 15) is 58.1 Å². The minimum absolute atomic E-state index is 0.00491. The van der Waals surface area contributed by atoms with Crippen molar-refractivity contribution in [3.63, 3.8) is 0 Å². The van der Waals surface area contributed by atoms with Gasteiger partial charge >= 0.3 is 0 Å². The highest BCUT2D eigenvalue weighted by Crippen LogP contribution is 2.25. The van der Waals surface area contributed by atoms with Crippen LogP contribution in [0.1, 0.15) is 70.4 Å². The summed E-state index contributed by atoms with van der Waals surface area (Å²) in [5.41, 5.74) is 19.7. The molecule has 0 aromatic heterocycles. The molecule has 2 heterocycles. The van der Waals surface area contributed by atoms with Gasteiger partial charge in [-0.05, 0) is 96.8 Å². The van der Waals surface area contributed by atoms with Crippen LogP contribution in [0, 0.1) is 10.1 Å². The molecule has 117 heavy (non-hydrogen) atoms. The van der Waals surface area contributed by atoms with Gasteiger partial charge in [-0.3, -0.25) is 52.9 Å². The van der Waals surface area contributed by atoms with Gasteiger partial charge in [-0.2, -0.15) is 0 Å². The van der Waals surface area contributed by atoms with Gasteiger partial charge < -0.3 is 94.6 Å². The fraction of sp³-hybridized carbons (Fsp3) is 0.310. The molecular formula is C84H97N17O16. The molecule has 33 nitrogen and oxygen atoms in total. The average Bonchev–Trinajstić information content (AvgIpc) is 0.829. The average molecular weight is 1600 g/mol. The van der Waals surface area contributed by atoms with Gasteiger partial charge in [0.25, 0.3) is 17.8 Å². The number of nitrogens with zero attached hydrogens (tertiary/aromatic N) is 3. The second-order valence-corrected chi connectivity index (χ2v) is 27.2. The molecule has 1 fully saturated rings. The molecule has 8 atom stereocenters. The van der Waals surface area contributed by atoms with Gasteiger partial charge in [0.1, 0.15) is 53.4 Å². The van der Waals surface area contributed by atoms with Crippen molar-refractivity contribution in [1.29, 1.82) is 0 Å². The van der Waals surface area contributed by atoms with Gasteiger partial charge in [0.05, 0.1) is 39.6 Å². The normalized spacial score (nSPS) is 20.2. The molecule has 0 saturated carbocycles. The van der Waals surface area contributed by atoms with E-state index < -0.39 is 118 Å². The zero-order chi connectivity index (χ0) is 83.1. The summed E-state index contributed by atoms with van der Waals surface area (Å²) in [6.07, 6.45) is 4.89. The number of hydrazone groups is 1. The number of rotatable bonds is 21. The standard InChI is InChI=1S/C42H47N9O9.C42H50N8O7/c43-42(50-51(57)58)44-22-12-21-33-38(53)49-36(40(55)45-32-20-11-18-29-15-7-8-19-31(29)32)27-60-24-10-9-23-59-26-35(48-37(52)30-16-5-2-6-17-30)41(56)47-34(39(54)46-33)25-28-13-3-1-4-14-28;43-42(44)45-22-12-21-33-38(52)50-36(40(54)46-32-20-11-18-29-15-7-8-19-31(29)32)27-57-24-10-9-23-56-26-35(49-37(51)30-16-5-2-6-17-30)41(55)48-34(39(53)47-33)25-28-13-3-1-4-14-28/h1-11,13-20,33-36H,12,21-27H2,(H,45,55)(H,46,54)(H,47,56)(H,48,52)(H,49,53)(H3,43,44,50);1-8,11,13-20,33-36H,9-10,12,21-27H2,(H,46,54)(H,47,53)(H,48,55)(H,49,51)(H,50,52)(H4,43,44,45)/b10-9+;/t2*33-,34+,35-,36-/m00/s1. The van der Waals surface area contributed by atoms with E-state index in [0.717, 1.165) is 27.1 Å². The van der Waals surface area contributed by atoms with Crippen LogP contribution in [-0.2, 0) is 70.1 Å². The van der Waals surface area contributed by atoms with Crippen molar-refractivity contribution in [3.8, 4) is 0 Å². The number of benzene rings is 8. The summed E-state index contributed by atoms with van der Waals surface area (Å²) in [5, 5.41) is 46.6. The quantitative estimate of drug-likeness (QED) is 0.0121. The number of aliphatic imine (C=N–C) groups is 1. The maximum Gasteiger partial charge on any atom is 0.266 e. The first-order valence-electron chi connectivity index (χ1n) is 38.2. The summed E-state index contributed by atoms with van der Waals surface area (Å²) in [5.74, 6) is -6.91. The Hall–Kier alpha value is -13.5. The molecule has 33 heteroatoms. The number of carbonyl (C=O) groups is 10.